The summed E-state index contributed by atoms with van der Waals surface area (Å²) in [7, 11) is 0. The van der Waals surface area contributed by atoms with E-state index in [1.165, 1.54) is 0 Å². The molecule has 20 heavy (non-hydrogen) atoms. The second-order valence-corrected chi connectivity index (χ2v) is 5.32. The zero-order chi connectivity index (χ0) is 14.6. The molecule has 112 valence electrons. The molecule has 1 fully saturated rings. The van der Waals surface area contributed by atoms with Gasteiger partial charge in [0.1, 0.15) is 6.04 Å². The summed E-state index contributed by atoms with van der Waals surface area (Å²) in [4.78, 5) is 1.60. The van der Waals surface area contributed by atoms with Crippen LogP contribution in [0.3, 0.4) is 0 Å². The van der Waals surface area contributed by atoms with Crippen molar-refractivity contribution in [3.63, 3.8) is 0 Å². The summed E-state index contributed by atoms with van der Waals surface area (Å²) in [6.07, 6.45) is -1.03. The van der Waals surface area contributed by atoms with E-state index in [2.05, 4.69) is 0 Å². The van der Waals surface area contributed by atoms with Gasteiger partial charge in [-0.25, -0.2) is 0 Å². The van der Waals surface area contributed by atoms with Crippen molar-refractivity contribution in [2.45, 2.75) is 43.9 Å². The Morgan fingerprint density at radius 3 is 2.50 bits per heavy atom. The van der Waals surface area contributed by atoms with Crippen LogP contribution >= 0.6 is 0 Å². The van der Waals surface area contributed by atoms with Gasteiger partial charge in [-0.15, -0.1) is 0 Å². The molecule has 1 saturated heterocycles. The van der Waals surface area contributed by atoms with Crippen LogP contribution in [-0.4, -0.2) is 30.2 Å². The standard InChI is InChI=1S/C15H21F3N2/c16-15(17,18)14(12-6-2-1-3-7-12)20-11-5-4-8-13(20)9-10-19/h1-3,6-7,13-14H,4-5,8-11,19H2. The lowest BCUT2D eigenvalue weighted by atomic mass is 9.94. The average molecular weight is 286 g/mol. The van der Waals surface area contributed by atoms with Gasteiger partial charge in [0, 0.05) is 6.04 Å². The lowest BCUT2D eigenvalue weighted by molar-refractivity contribution is -0.196. The Bertz CT molecular complexity index is 403. The summed E-state index contributed by atoms with van der Waals surface area (Å²) in [6.45, 7) is 0.921. The predicted octanol–water partition coefficient (Wildman–Crippen LogP) is 3.49. The number of nitrogens with zero attached hydrogens (tertiary/aromatic N) is 1. The maximum Gasteiger partial charge on any atom is 0.408 e. The van der Waals surface area contributed by atoms with Crippen LogP contribution in [-0.2, 0) is 0 Å². The van der Waals surface area contributed by atoms with E-state index in [0.29, 0.717) is 25.1 Å². The van der Waals surface area contributed by atoms with Gasteiger partial charge in [-0.05, 0) is 37.9 Å². The first-order chi connectivity index (χ1) is 9.54. The van der Waals surface area contributed by atoms with Gasteiger partial charge < -0.3 is 5.73 Å². The second kappa shape index (κ2) is 6.59. The quantitative estimate of drug-likeness (QED) is 0.918. The molecule has 0 aliphatic carbocycles. The molecule has 2 unspecified atom stereocenters. The minimum Gasteiger partial charge on any atom is -0.330 e. The Balaban J connectivity index is 2.30. The third-order valence-electron chi connectivity index (χ3n) is 3.93. The van der Waals surface area contributed by atoms with Crippen LogP contribution < -0.4 is 5.73 Å². The number of alkyl halides is 3. The second-order valence-electron chi connectivity index (χ2n) is 5.32. The van der Waals surface area contributed by atoms with Crippen molar-refractivity contribution >= 4 is 0 Å². The molecule has 2 rings (SSSR count). The predicted molar refractivity (Wildman–Crippen MR) is 73.3 cm³/mol. The Morgan fingerprint density at radius 2 is 1.90 bits per heavy atom. The fraction of sp³-hybridized carbons (Fsp3) is 0.600. The van der Waals surface area contributed by atoms with Crippen LogP contribution in [0.15, 0.2) is 30.3 Å². The highest BCUT2D eigenvalue weighted by Gasteiger charge is 2.46. The summed E-state index contributed by atoms with van der Waals surface area (Å²) >= 11 is 0. The highest BCUT2D eigenvalue weighted by molar-refractivity contribution is 5.21. The molecule has 0 bridgehead atoms. The molecule has 2 atom stereocenters. The minimum absolute atomic E-state index is 0.0689. The highest BCUT2D eigenvalue weighted by atomic mass is 19.4. The number of hydrogen-bond acceptors (Lipinski definition) is 2. The monoisotopic (exact) mass is 286 g/mol. The SMILES string of the molecule is NCCC1CCCCN1C(c1ccccc1)C(F)(F)F. The molecule has 0 saturated carbocycles. The van der Waals surface area contributed by atoms with Crippen molar-refractivity contribution in [2.24, 2.45) is 5.73 Å². The number of rotatable bonds is 4. The molecular formula is C15H21F3N2. The van der Waals surface area contributed by atoms with Crippen LogP contribution in [0.4, 0.5) is 13.2 Å². The maximum absolute atomic E-state index is 13.5. The van der Waals surface area contributed by atoms with Gasteiger partial charge in [-0.1, -0.05) is 36.8 Å². The summed E-state index contributed by atoms with van der Waals surface area (Å²) in [5, 5.41) is 0. The lowest BCUT2D eigenvalue weighted by Crippen LogP contribution is -2.47. The Kier molecular flexibility index (Phi) is 5.05. The van der Waals surface area contributed by atoms with Crippen molar-refractivity contribution in [3.05, 3.63) is 35.9 Å². The normalized spacial score (nSPS) is 22.7. The van der Waals surface area contributed by atoms with Crippen LogP contribution in [0.2, 0.25) is 0 Å². The minimum atomic E-state index is -4.26. The first-order valence-electron chi connectivity index (χ1n) is 7.11. The third-order valence-corrected chi connectivity index (χ3v) is 3.93. The van der Waals surface area contributed by atoms with E-state index in [-0.39, 0.29) is 6.04 Å². The highest BCUT2D eigenvalue weighted by Crippen LogP contribution is 2.41. The fourth-order valence-electron chi connectivity index (χ4n) is 3.07. The van der Waals surface area contributed by atoms with Gasteiger partial charge in [0.2, 0.25) is 0 Å². The van der Waals surface area contributed by atoms with Crippen LogP contribution in [0.5, 0.6) is 0 Å². The molecule has 2 N–H and O–H groups in total. The Hall–Kier alpha value is -1.07. The van der Waals surface area contributed by atoms with E-state index in [0.717, 1.165) is 19.3 Å². The molecule has 0 spiro atoms. The van der Waals surface area contributed by atoms with E-state index in [4.69, 9.17) is 5.73 Å². The summed E-state index contributed by atoms with van der Waals surface area (Å²) < 4.78 is 40.6. The first-order valence-corrected chi connectivity index (χ1v) is 7.11. The number of likely N-dealkylation sites (tertiary alicyclic amines) is 1. The smallest absolute Gasteiger partial charge is 0.330 e. The van der Waals surface area contributed by atoms with Crippen LogP contribution in [0, 0.1) is 0 Å². The Labute approximate surface area is 117 Å². The van der Waals surface area contributed by atoms with Crippen molar-refractivity contribution in [1.82, 2.24) is 4.90 Å². The lowest BCUT2D eigenvalue weighted by Gasteiger charge is -2.42. The van der Waals surface area contributed by atoms with Gasteiger partial charge in [-0.2, -0.15) is 13.2 Å². The Morgan fingerprint density at radius 1 is 1.20 bits per heavy atom. The molecule has 1 aliphatic heterocycles. The van der Waals surface area contributed by atoms with Gasteiger partial charge in [0.25, 0.3) is 0 Å². The van der Waals surface area contributed by atoms with Gasteiger partial charge in [-0.3, -0.25) is 4.90 Å². The van der Waals surface area contributed by atoms with Crippen LogP contribution in [0.25, 0.3) is 0 Å². The van der Waals surface area contributed by atoms with Gasteiger partial charge in [0.15, 0.2) is 0 Å². The topological polar surface area (TPSA) is 29.3 Å². The third kappa shape index (κ3) is 3.52. The van der Waals surface area contributed by atoms with Crippen molar-refractivity contribution in [2.75, 3.05) is 13.1 Å². The van der Waals surface area contributed by atoms with Crippen LogP contribution in [0.1, 0.15) is 37.3 Å². The molecular weight excluding hydrogens is 265 g/mol. The van der Waals surface area contributed by atoms with E-state index >= 15 is 0 Å². The van der Waals surface area contributed by atoms with E-state index in [1.807, 2.05) is 0 Å². The van der Waals surface area contributed by atoms with E-state index < -0.39 is 12.2 Å². The maximum atomic E-state index is 13.5. The van der Waals surface area contributed by atoms with Gasteiger partial charge in [0.05, 0.1) is 0 Å². The van der Waals surface area contributed by atoms with E-state index in [9.17, 15) is 13.2 Å². The largest absolute Gasteiger partial charge is 0.408 e. The number of benzene rings is 1. The molecule has 1 aliphatic rings. The number of piperidine rings is 1. The molecule has 0 radical (unpaired) electrons. The fourth-order valence-corrected chi connectivity index (χ4v) is 3.07. The molecule has 0 aromatic heterocycles. The van der Waals surface area contributed by atoms with Gasteiger partial charge >= 0.3 is 6.18 Å². The summed E-state index contributed by atoms with van der Waals surface area (Å²) in [5.41, 5.74) is 5.88. The molecule has 1 heterocycles. The first kappa shape index (κ1) is 15.3. The molecule has 2 nitrogen and oxygen atoms in total. The van der Waals surface area contributed by atoms with Crippen molar-refractivity contribution in [1.29, 1.82) is 0 Å². The number of nitrogens with two attached hydrogens (primary N) is 1. The molecule has 5 heteroatoms. The average Bonchev–Trinajstić information content (AvgIpc) is 2.41. The van der Waals surface area contributed by atoms with Crippen molar-refractivity contribution < 1.29 is 13.2 Å². The summed E-state index contributed by atoms with van der Waals surface area (Å²) in [5.74, 6) is 0. The molecule has 1 aromatic carbocycles. The van der Waals surface area contributed by atoms with Crippen molar-refractivity contribution in [3.8, 4) is 0 Å². The number of halogens is 3. The molecule has 1 aromatic rings. The molecule has 0 amide bonds. The zero-order valence-corrected chi connectivity index (χ0v) is 11.4. The number of hydrogen-bond donors (Lipinski definition) is 1. The summed E-state index contributed by atoms with van der Waals surface area (Å²) in [6, 6.07) is 6.61. The van der Waals surface area contributed by atoms with E-state index in [1.54, 1.807) is 35.2 Å². The zero-order valence-electron chi connectivity index (χ0n) is 11.4.